The van der Waals surface area contributed by atoms with E-state index in [2.05, 4.69) is 55.1 Å². The minimum atomic E-state index is 0.178. The topological polar surface area (TPSA) is 26.7 Å². The van der Waals surface area contributed by atoms with Crippen LogP contribution in [0.1, 0.15) is 31.7 Å². The van der Waals surface area contributed by atoms with Crippen LogP contribution in [0.2, 0.25) is 0 Å². The number of hydrogen-bond acceptors (Lipinski definition) is 3. The Hall–Kier alpha value is -1.06. The van der Waals surface area contributed by atoms with E-state index in [-0.39, 0.29) is 5.41 Å². The van der Waals surface area contributed by atoms with Gasteiger partial charge in [0.05, 0.1) is 0 Å². The van der Waals surface area contributed by atoms with Crippen molar-refractivity contribution in [2.45, 2.75) is 32.7 Å². The van der Waals surface area contributed by atoms with Gasteiger partial charge in [-0.05, 0) is 49.4 Å². The van der Waals surface area contributed by atoms with Crippen molar-refractivity contribution < 1.29 is 5.11 Å². The summed E-state index contributed by atoms with van der Waals surface area (Å²) in [5.74, 6) is 0. The average Bonchev–Trinajstić information content (AvgIpc) is 2.49. The number of aliphatic hydroxyl groups excluding tert-OH is 1. The number of para-hydroxylation sites is 1. The van der Waals surface area contributed by atoms with Crippen LogP contribution in [0.4, 0.5) is 5.69 Å². The minimum Gasteiger partial charge on any atom is -0.396 e. The summed E-state index contributed by atoms with van der Waals surface area (Å²) in [6.45, 7) is 5.74. The van der Waals surface area contributed by atoms with Crippen LogP contribution in [-0.2, 0) is 6.54 Å². The highest BCUT2D eigenvalue weighted by atomic mass is 16.3. The van der Waals surface area contributed by atoms with Crippen molar-refractivity contribution in [1.29, 1.82) is 0 Å². The van der Waals surface area contributed by atoms with Crippen LogP contribution in [0, 0.1) is 5.41 Å². The molecule has 0 unspecified atom stereocenters. The second-order valence-corrected chi connectivity index (χ2v) is 6.31. The number of aliphatic hydroxyl groups is 1. The van der Waals surface area contributed by atoms with E-state index < -0.39 is 0 Å². The standard InChI is InChI=1S/C17H28N2O/c1-4-17(14-20)9-11-19(12-10-17)13-15-7-5-6-8-16(15)18(2)3/h5-8,20H,4,9-14H2,1-3H3. The van der Waals surface area contributed by atoms with Crippen molar-refractivity contribution in [2.75, 3.05) is 38.7 Å². The maximum atomic E-state index is 9.61. The zero-order chi connectivity index (χ0) is 14.6. The third-order valence-electron chi connectivity index (χ3n) is 4.87. The summed E-state index contributed by atoms with van der Waals surface area (Å²) in [6, 6.07) is 8.63. The second-order valence-electron chi connectivity index (χ2n) is 6.31. The lowest BCUT2D eigenvalue weighted by molar-refractivity contribution is 0.0383. The number of rotatable bonds is 5. The molecule has 1 saturated heterocycles. The Morgan fingerprint density at radius 3 is 2.40 bits per heavy atom. The predicted molar refractivity (Wildman–Crippen MR) is 85.1 cm³/mol. The van der Waals surface area contributed by atoms with E-state index in [4.69, 9.17) is 0 Å². The summed E-state index contributed by atoms with van der Waals surface area (Å²) in [4.78, 5) is 4.70. The van der Waals surface area contributed by atoms with E-state index in [1.54, 1.807) is 0 Å². The van der Waals surface area contributed by atoms with Gasteiger partial charge >= 0.3 is 0 Å². The summed E-state index contributed by atoms with van der Waals surface area (Å²) in [5.41, 5.74) is 2.88. The minimum absolute atomic E-state index is 0.178. The number of anilines is 1. The normalized spacial score (nSPS) is 19.0. The molecular weight excluding hydrogens is 248 g/mol. The summed E-state index contributed by atoms with van der Waals surface area (Å²) in [7, 11) is 4.20. The molecule has 3 heteroatoms. The first-order chi connectivity index (χ1) is 9.60. The lowest BCUT2D eigenvalue weighted by atomic mass is 9.77. The lowest BCUT2D eigenvalue weighted by Gasteiger charge is -2.40. The van der Waals surface area contributed by atoms with Gasteiger partial charge in [0.25, 0.3) is 0 Å². The quantitative estimate of drug-likeness (QED) is 0.896. The van der Waals surface area contributed by atoms with Crippen LogP contribution in [0.25, 0.3) is 0 Å². The molecular formula is C17H28N2O. The van der Waals surface area contributed by atoms with Crippen molar-refractivity contribution in [3.05, 3.63) is 29.8 Å². The van der Waals surface area contributed by atoms with E-state index in [9.17, 15) is 5.11 Å². The molecule has 1 aliphatic heterocycles. The van der Waals surface area contributed by atoms with Gasteiger partial charge in [0.1, 0.15) is 0 Å². The lowest BCUT2D eigenvalue weighted by Crippen LogP contribution is -2.41. The number of piperidine rings is 1. The summed E-state index contributed by atoms with van der Waals surface area (Å²) in [6.07, 6.45) is 3.32. The first kappa shape index (κ1) is 15.3. The molecule has 1 fully saturated rings. The molecule has 1 aromatic carbocycles. The number of likely N-dealkylation sites (tertiary alicyclic amines) is 1. The molecule has 2 rings (SSSR count). The largest absolute Gasteiger partial charge is 0.396 e. The number of benzene rings is 1. The Balaban J connectivity index is 2.00. The molecule has 1 aliphatic rings. The van der Waals surface area contributed by atoms with Crippen LogP contribution in [0.15, 0.2) is 24.3 Å². The molecule has 112 valence electrons. The van der Waals surface area contributed by atoms with Gasteiger partial charge in [0.2, 0.25) is 0 Å². The highest BCUT2D eigenvalue weighted by molar-refractivity contribution is 5.52. The van der Waals surface area contributed by atoms with E-state index in [0.29, 0.717) is 6.61 Å². The Morgan fingerprint density at radius 1 is 1.20 bits per heavy atom. The van der Waals surface area contributed by atoms with Crippen LogP contribution >= 0.6 is 0 Å². The molecule has 0 aliphatic carbocycles. The van der Waals surface area contributed by atoms with E-state index in [1.165, 1.54) is 11.3 Å². The Morgan fingerprint density at radius 2 is 1.85 bits per heavy atom. The number of hydrogen-bond donors (Lipinski definition) is 1. The maximum Gasteiger partial charge on any atom is 0.0488 e. The molecule has 0 radical (unpaired) electrons. The van der Waals surface area contributed by atoms with Crippen molar-refractivity contribution in [2.24, 2.45) is 5.41 Å². The third-order valence-corrected chi connectivity index (χ3v) is 4.87. The molecule has 0 spiro atoms. The Labute approximate surface area is 123 Å². The fourth-order valence-corrected chi connectivity index (χ4v) is 3.13. The highest BCUT2D eigenvalue weighted by Crippen LogP contribution is 2.35. The van der Waals surface area contributed by atoms with Gasteiger partial charge in [-0.25, -0.2) is 0 Å². The monoisotopic (exact) mass is 276 g/mol. The molecule has 0 amide bonds. The van der Waals surface area contributed by atoms with E-state index in [1.807, 2.05) is 0 Å². The van der Waals surface area contributed by atoms with Gasteiger partial charge in [-0.2, -0.15) is 0 Å². The van der Waals surface area contributed by atoms with E-state index in [0.717, 1.165) is 38.9 Å². The Bertz CT molecular complexity index is 417. The van der Waals surface area contributed by atoms with Crippen molar-refractivity contribution in [3.63, 3.8) is 0 Å². The zero-order valence-electron chi connectivity index (χ0n) is 13.1. The Kier molecular flexibility index (Phi) is 5.06. The van der Waals surface area contributed by atoms with Crippen LogP contribution in [0.5, 0.6) is 0 Å². The van der Waals surface area contributed by atoms with Crippen molar-refractivity contribution in [1.82, 2.24) is 4.90 Å². The van der Waals surface area contributed by atoms with Gasteiger partial charge in [0.15, 0.2) is 0 Å². The van der Waals surface area contributed by atoms with Crippen molar-refractivity contribution >= 4 is 5.69 Å². The van der Waals surface area contributed by atoms with Gasteiger partial charge in [-0.15, -0.1) is 0 Å². The first-order valence-electron chi connectivity index (χ1n) is 7.69. The molecule has 0 bridgehead atoms. The third kappa shape index (κ3) is 3.33. The zero-order valence-corrected chi connectivity index (χ0v) is 13.1. The molecule has 1 aromatic rings. The average molecular weight is 276 g/mol. The molecule has 0 saturated carbocycles. The summed E-state index contributed by atoms with van der Waals surface area (Å²) >= 11 is 0. The molecule has 1 heterocycles. The smallest absolute Gasteiger partial charge is 0.0488 e. The van der Waals surface area contributed by atoms with Crippen molar-refractivity contribution in [3.8, 4) is 0 Å². The molecule has 0 aromatic heterocycles. The molecule has 3 nitrogen and oxygen atoms in total. The number of nitrogens with zero attached hydrogens (tertiary/aromatic N) is 2. The fourth-order valence-electron chi connectivity index (χ4n) is 3.13. The van der Waals surface area contributed by atoms with Gasteiger partial charge in [-0.3, -0.25) is 4.90 Å². The highest BCUT2D eigenvalue weighted by Gasteiger charge is 2.32. The summed E-state index contributed by atoms with van der Waals surface area (Å²) < 4.78 is 0. The molecule has 20 heavy (non-hydrogen) atoms. The first-order valence-corrected chi connectivity index (χ1v) is 7.69. The molecule has 0 atom stereocenters. The second kappa shape index (κ2) is 6.59. The maximum absolute atomic E-state index is 9.61. The summed E-state index contributed by atoms with van der Waals surface area (Å²) in [5, 5.41) is 9.61. The van der Waals surface area contributed by atoms with Gasteiger partial charge in [-0.1, -0.05) is 25.1 Å². The van der Waals surface area contributed by atoms with Crippen LogP contribution < -0.4 is 4.90 Å². The SMILES string of the molecule is CCC1(CO)CCN(Cc2ccccc2N(C)C)CC1. The molecule has 1 N–H and O–H groups in total. The fraction of sp³-hybridized carbons (Fsp3) is 0.647. The van der Waals surface area contributed by atoms with Crippen LogP contribution in [-0.4, -0.2) is 43.8 Å². The van der Waals surface area contributed by atoms with E-state index >= 15 is 0 Å². The predicted octanol–water partition coefficient (Wildman–Crippen LogP) is 2.74. The van der Waals surface area contributed by atoms with Gasteiger partial charge < -0.3 is 10.0 Å². The van der Waals surface area contributed by atoms with Gasteiger partial charge in [0, 0.05) is 32.9 Å². The van der Waals surface area contributed by atoms with Crippen LogP contribution in [0.3, 0.4) is 0 Å².